The number of aryl methyl sites for hydroxylation is 3. The van der Waals surface area contributed by atoms with Crippen molar-refractivity contribution in [1.29, 1.82) is 0 Å². The fourth-order valence-electron chi connectivity index (χ4n) is 2.97. The third-order valence-corrected chi connectivity index (χ3v) is 4.25. The smallest absolute Gasteiger partial charge is 0.310 e. The van der Waals surface area contributed by atoms with Crippen LogP contribution in [0.1, 0.15) is 33.1 Å². The van der Waals surface area contributed by atoms with E-state index in [1.807, 2.05) is 11.5 Å². The van der Waals surface area contributed by atoms with Gasteiger partial charge in [-0.1, -0.05) is 11.2 Å². The monoisotopic (exact) mass is 369 g/mol. The molecule has 0 saturated carbocycles. The number of ketones is 1. The summed E-state index contributed by atoms with van der Waals surface area (Å²) in [6, 6.07) is 8.07. The van der Waals surface area contributed by atoms with E-state index in [1.165, 1.54) is 6.07 Å². The summed E-state index contributed by atoms with van der Waals surface area (Å²) in [7, 11) is 0. The second kappa shape index (κ2) is 7.06. The highest BCUT2D eigenvalue weighted by molar-refractivity contribution is 5.98. The van der Waals surface area contributed by atoms with Crippen LogP contribution in [0.4, 0.5) is 5.69 Å². The van der Waals surface area contributed by atoms with E-state index in [2.05, 4.69) is 5.16 Å². The second-order valence-electron chi connectivity index (χ2n) is 6.36. The van der Waals surface area contributed by atoms with Gasteiger partial charge in [0.2, 0.25) is 5.78 Å². The van der Waals surface area contributed by atoms with Gasteiger partial charge in [0.15, 0.2) is 18.2 Å². The maximum Gasteiger partial charge on any atom is 0.310 e. The van der Waals surface area contributed by atoms with Gasteiger partial charge >= 0.3 is 5.69 Å². The van der Waals surface area contributed by atoms with E-state index in [0.29, 0.717) is 22.8 Å². The molecule has 0 N–H and O–H groups in total. The third kappa shape index (κ3) is 3.59. The molecule has 140 valence electrons. The van der Waals surface area contributed by atoms with E-state index in [9.17, 15) is 14.9 Å². The second-order valence-corrected chi connectivity index (χ2v) is 6.36. The van der Waals surface area contributed by atoms with Crippen molar-refractivity contribution in [2.45, 2.75) is 27.7 Å². The van der Waals surface area contributed by atoms with E-state index in [0.717, 1.165) is 11.3 Å². The van der Waals surface area contributed by atoms with Crippen molar-refractivity contribution in [3.8, 4) is 11.6 Å². The predicted octanol–water partition coefficient (Wildman–Crippen LogP) is 3.87. The Balaban J connectivity index is 1.84. The van der Waals surface area contributed by atoms with Crippen LogP contribution in [-0.4, -0.2) is 27.0 Å². The van der Waals surface area contributed by atoms with Crippen LogP contribution in [0, 0.1) is 37.8 Å². The summed E-state index contributed by atoms with van der Waals surface area (Å²) in [4.78, 5) is 23.3. The average Bonchev–Trinajstić information content (AvgIpc) is 3.15. The first-order chi connectivity index (χ1) is 12.8. The SMILES string of the molecule is Cc1ccc([N+](=O)[O-])c(OCC(=O)c2cc(C)n(-c3cc(C)on3)c2C)c1. The minimum atomic E-state index is -0.530. The number of ether oxygens (including phenoxy) is 1. The van der Waals surface area contributed by atoms with Crippen molar-refractivity contribution >= 4 is 11.5 Å². The number of nitrogens with zero attached hydrogens (tertiary/aromatic N) is 3. The summed E-state index contributed by atoms with van der Waals surface area (Å²) >= 11 is 0. The number of hydrogen-bond donors (Lipinski definition) is 0. The lowest BCUT2D eigenvalue weighted by Crippen LogP contribution is -2.13. The number of carbonyl (C=O) groups excluding carboxylic acids is 1. The average molecular weight is 369 g/mol. The molecule has 27 heavy (non-hydrogen) atoms. The minimum absolute atomic E-state index is 0.0780. The van der Waals surface area contributed by atoms with Gasteiger partial charge in [0.05, 0.1) is 4.92 Å². The van der Waals surface area contributed by atoms with Crippen LogP contribution >= 0.6 is 0 Å². The van der Waals surface area contributed by atoms with Crippen LogP contribution < -0.4 is 4.74 Å². The van der Waals surface area contributed by atoms with Crippen LogP contribution in [0.25, 0.3) is 5.82 Å². The first-order valence-electron chi connectivity index (χ1n) is 8.31. The summed E-state index contributed by atoms with van der Waals surface area (Å²) in [6.07, 6.45) is 0. The van der Waals surface area contributed by atoms with Gasteiger partial charge < -0.3 is 9.26 Å². The standard InChI is InChI=1S/C19H19N3O5/c1-11-5-6-16(22(24)25)18(7-11)26-10-17(23)15-8-12(2)21(14(15)4)19-9-13(3)27-20-19/h5-9H,10H2,1-4H3. The molecule has 3 rings (SSSR count). The number of nitro benzene ring substituents is 1. The molecule has 0 fully saturated rings. The molecular formula is C19H19N3O5. The number of carbonyl (C=O) groups is 1. The van der Waals surface area contributed by atoms with Crippen molar-refractivity contribution in [3.05, 3.63) is 68.7 Å². The first kappa shape index (κ1) is 18.4. The Morgan fingerprint density at radius 3 is 2.59 bits per heavy atom. The summed E-state index contributed by atoms with van der Waals surface area (Å²) in [5.41, 5.74) is 2.64. The molecule has 0 aliphatic heterocycles. The molecular weight excluding hydrogens is 350 g/mol. The molecule has 0 aliphatic rings. The molecule has 1 aromatic carbocycles. The molecule has 2 aromatic heterocycles. The zero-order valence-electron chi connectivity index (χ0n) is 15.5. The zero-order chi connectivity index (χ0) is 19.7. The van der Waals surface area contributed by atoms with Gasteiger partial charge in [0.1, 0.15) is 5.76 Å². The number of hydrogen-bond acceptors (Lipinski definition) is 6. The van der Waals surface area contributed by atoms with Gasteiger partial charge in [-0.05, 0) is 45.4 Å². The van der Waals surface area contributed by atoms with Gasteiger partial charge in [-0.15, -0.1) is 0 Å². The maximum atomic E-state index is 12.7. The lowest BCUT2D eigenvalue weighted by molar-refractivity contribution is -0.385. The van der Waals surface area contributed by atoms with E-state index in [4.69, 9.17) is 9.26 Å². The molecule has 0 radical (unpaired) electrons. The van der Waals surface area contributed by atoms with Crippen molar-refractivity contribution in [2.24, 2.45) is 0 Å². The maximum absolute atomic E-state index is 12.7. The summed E-state index contributed by atoms with van der Waals surface area (Å²) in [5, 5.41) is 15.1. The number of benzene rings is 1. The summed E-state index contributed by atoms with van der Waals surface area (Å²) in [5.74, 6) is 1.07. The molecule has 0 unspecified atom stereocenters. The Kier molecular flexibility index (Phi) is 4.81. The van der Waals surface area contributed by atoms with Crippen molar-refractivity contribution in [2.75, 3.05) is 6.61 Å². The predicted molar refractivity (Wildman–Crippen MR) is 97.7 cm³/mol. The molecule has 0 atom stereocenters. The molecule has 8 nitrogen and oxygen atoms in total. The topological polar surface area (TPSA) is 100 Å². The normalized spacial score (nSPS) is 10.8. The number of rotatable bonds is 6. The lowest BCUT2D eigenvalue weighted by atomic mass is 10.1. The quantitative estimate of drug-likeness (QED) is 0.371. The Hall–Kier alpha value is -3.42. The van der Waals surface area contributed by atoms with Crippen LogP contribution in [0.3, 0.4) is 0 Å². The first-order valence-corrected chi connectivity index (χ1v) is 8.31. The number of nitro groups is 1. The van der Waals surface area contributed by atoms with E-state index >= 15 is 0 Å². The third-order valence-electron chi connectivity index (χ3n) is 4.25. The number of Topliss-reactive ketones (excluding diaryl/α,β-unsaturated/α-hetero) is 1. The molecule has 3 aromatic rings. The largest absolute Gasteiger partial charge is 0.478 e. The highest BCUT2D eigenvalue weighted by atomic mass is 16.6. The van der Waals surface area contributed by atoms with Crippen molar-refractivity contribution < 1.29 is 19.0 Å². The van der Waals surface area contributed by atoms with E-state index in [-0.39, 0.29) is 23.8 Å². The zero-order valence-corrected chi connectivity index (χ0v) is 15.5. The molecule has 0 bridgehead atoms. The highest BCUT2D eigenvalue weighted by Crippen LogP contribution is 2.28. The Morgan fingerprint density at radius 2 is 1.96 bits per heavy atom. The van der Waals surface area contributed by atoms with Crippen molar-refractivity contribution in [1.82, 2.24) is 9.72 Å². The van der Waals surface area contributed by atoms with Crippen LogP contribution in [-0.2, 0) is 0 Å². The van der Waals surface area contributed by atoms with Crippen molar-refractivity contribution in [3.63, 3.8) is 0 Å². The number of aromatic nitrogens is 2. The Bertz CT molecular complexity index is 1030. The fourth-order valence-corrected chi connectivity index (χ4v) is 2.97. The van der Waals surface area contributed by atoms with Gasteiger partial charge in [0.25, 0.3) is 0 Å². The van der Waals surface area contributed by atoms with Gasteiger partial charge in [-0.25, -0.2) is 0 Å². The molecule has 0 aliphatic carbocycles. The van der Waals surface area contributed by atoms with Gasteiger partial charge in [-0.3, -0.25) is 19.5 Å². The summed E-state index contributed by atoms with van der Waals surface area (Å²) in [6.45, 7) is 6.96. The van der Waals surface area contributed by atoms with Gasteiger partial charge in [-0.2, -0.15) is 0 Å². The molecule has 2 heterocycles. The minimum Gasteiger partial charge on any atom is -0.478 e. The fraction of sp³-hybridized carbons (Fsp3) is 0.263. The van der Waals surface area contributed by atoms with Crippen LogP contribution in [0.5, 0.6) is 5.75 Å². The Morgan fingerprint density at radius 1 is 1.22 bits per heavy atom. The van der Waals surface area contributed by atoms with Crippen LogP contribution in [0.2, 0.25) is 0 Å². The van der Waals surface area contributed by atoms with E-state index < -0.39 is 4.92 Å². The molecule has 0 amide bonds. The lowest BCUT2D eigenvalue weighted by Gasteiger charge is -2.08. The molecule has 8 heteroatoms. The highest BCUT2D eigenvalue weighted by Gasteiger charge is 2.21. The van der Waals surface area contributed by atoms with E-state index in [1.54, 1.807) is 45.0 Å². The molecule has 0 saturated heterocycles. The molecule has 0 spiro atoms. The Labute approximate surface area is 155 Å². The van der Waals surface area contributed by atoms with Crippen LogP contribution in [0.15, 0.2) is 34.9 Å². The summed E-state index contributed by atoms with van der Waals surface area (Å²) < 4.78 is 12.4. The van der Waals surface area contributed by atoms with Gasteiger partial charge in [0, 0.05) is 29.1 Å².